The fraction of sp³-hybridized carbons (Fsp3) is 0.808. The van der Waals surface area contributed by atoms with Crippen LogP contribution in [0.25, 0.3) is 0 Å². The summed E-state index contributed by atoms with van der Waals surface area (Å²) in [4.78, 5) is 40.4. The molecule has 7 heteroatoms. The lowest BCUT2D eigenvalue weighted by atomic mass is 9.88. The molecule has 190 valence electrons. The molecule has 3 N–H and O–H groups in total. The standard InChI is InChI=1S/C26H47N3O4/c1-9-19(7)28-26(10-2,11-3)25(33)27-22(20-14-12-13-15-20)23(30)29(8)21(17(4)5)16-18(6)24(31)32/h16-17,19-22,28H,9-15H2,1-8H3,(H,27,33)(H,31,32)/t19?,21-,22+/m1/s1. The third-order valence-electron chi connectivity index (χ3n) is 7.44. The Morgan fingerprint density at radius 1 is 1.09 bits per heavy atom. The normalized spacial score (nSPS) is 18.2. The van der Waals surface area contributed by atoms with E-state index in [1.54, 1.807) is 24.9 Å². The lowest BCUT2D eigenvalue weighted by Gasteiger charge is -2.38. The van der Waals surface area contributed by atoms with Crippen LogP contribution in [0, 0.1) is 11.8 Å². The third kappa shape index (κ3) is 7.56. The van der Waals surface area contributed by atoms with Gasteiger partial charge in [0.1, 0.15) is 6.04 Å². The maximum Gasteiger partial charge on any atom is 0.331 e. The molecule has 0 saturated heterocycles. The van der Waals surface area contributed by atoms with Crippen LogP contribution < -0.4 is 10.6 Å². The number of aliphatic carboxylic acids is 1. The Kier molecular flexibility index (Phi) is 11.6. The van der Waals surface area contributed by atoms with Gasteiger partial charge >= 0.3 is 5.97 Å². The molecule has 0 aromatic heterocycles. The summed E-state index contributed by atoms with van der Waals surface area (Å²) in [5.74, 6) is -1.13. The summed E-state index contributed by atoms with van der Waals surface area (Å²) in [5.41, 5.74) is -0.508. The van der Waals surface area contributed by atoms with E-state index >= 15 is 0 Å². The molecule has 1 aliphatic rings. The van der Waals surface area contributed by atoms with Crippen molar-refractivity contribution in [1.29, 1.82) is 0 Å². The van der Waals surface area contributed by atoms with Crippen molar-refractivity contribution in [2.24, 2.45) is 11.8 Å². The number of amides is 2. The van der Waals surface area contributed by atoms with Gasteiger partial charge in [0, 0.05) is 18.7 Å². The van der Waals surface area contributed by atoms with E-state index in [4.69, 9.17) is 0 Å². The first-order valence-electron chi connectivity index (χ1n) is 12.7. The van der Waals surface area contributed by atoms with Gasteiger partial charge in [-0.25, -0.2) is 4.79 Å². The molecule has 0 aromatic carbocycles. The molecule has 0 bridgehead atoms. The number of carbonyl (C=O) groups excluding carboxylic acids is 2. The van der Waals surface area contributed by atoms with Crippen molar-refractivity contribution in [3.8, 4) is 0 Å². The van der Waals surface area contributed by atoms with E-state index in [0.717, 1.165) is 32.1 Å². The van der Waals surface area contributed by atoms with Gasteiger partial charge in [0.05, 0.1) is 11.6 Å². The summed E-state index contributed by atoms with van der Waals surface area (Å²) < 4.78 is 0. The van der Waals surface area contributed by atoms with Crippen molar-refractivity contribution in [3.63, 3.8) is 0 Å². The number of nitrogens with zero attached hydrogens (tertiary/aromatic N) is 1. The molecule has 0 radical (unpaired) electrons. The first kappa shape index (κ1) is 29.1. The Labute approximate surface area is 200 Å². The van der Waals surface area contributed by atoms with Crippen LogP contribution in [0.2, 0.25) is 0 Å². The summed E-state index contributed by atoms with van der Waals surface area (Å²) in [7, 11) is 1.72. The van der Waals surface area contributed by atoms with Crippen LogP contribution in [-0.4, -0.2) is 58.5 Å². The number of rotatable bonds is 13. The zero-order chi connectivity index (χ0) is 25.3. The number of carbonyl (C=O) groups is 3. The fourth-order valence-corrected chi connectivity index (χ4v) is 4.81. The van der Waals surface area contributed by atoms with Crippen molar-refractivity contribution >= 4 is 17.8 Å². The highest BCUT2D eigenvalue weighted by molar-refractivity contribution is 5.92. The van der Waals surface area contributed by atoms with Gasteiger partial charge in [0.15, 0.2) is 0 Å². The average Bonchev–Trinajstić information content (AvgIpc) is 3.32. The van der Waals surface area contributed by atoms with Crippen LogP contribution >= 0.6 is 0 Å². The average molecular weight is 466 g/mol. The van der Waals surface area contributed by atoms with Gasteiger partial charge in [0.25, 0.3) is 0 Å². The predicted molar refractivity (Wildman–Crippen MR) is 133 cm³/mol. The molecule has 2 amide bonds. The van der Waals surface area contributed by atoms with Crippen molar-refractivity contribution in [2.75, 3.05) is 7.05 Å². The Balaban J connectivity index is 3.25. The molecule has 0 aliphatic heterocycles. The van der Waals surface area contributed by atoms with E-state index in [1.165, 1.54) is 0 Å². The number of likely N-dealkylation sites (N-methyl/N-ethyl adjacent to an activating group) is 1. The zero-order valence-electron chi connectivity index (χ0n) is 22.0. The van der Waals surface area contributed by atoms with Gasteiger partial charge in [-0.3, -0.25) is 9.59 Å². The number of hydrogen-bond donors (Lipinski definition) is 3. The molecule has 1 fully saturated rings. The number of nitrogens with one attached hydrogen (secondary N) is 2. The van der Waals surface area contributed by atoms with E-state index < -0.39 is 17.6 Å². The van der Waals surface area contributed by atoms with Gasteiger partial charge in [-0.05, 0) is 57.8 Å². The molecule has 1 aliphatic carbocycles. The maximum atomic E-state index is 13.8. The van der Waals surface area contributed by atoms with Crippen molar-refractivity contribution in [3.05, 3.63) is 11.6 Å². The van der Waals surface area contributed by atoms with Gasteiger partial charge < -0.3 is 20.6 Å². The minimum Gasteiger partial charge on any atom is -0.478 e. The maximum absolute atomic E-state index is 13.8. The lowest BCUT2D eigenvalue weighted by Crippen LogP contribution is -2.63. The Bertz CT molecular complexity index is 694. The molecular weight excluding hydrogens is 418 g/mol. The van der Waals surface area contributed by atoms with Crippen LogP contribution in [0.15, 0.2) is 11.6 Å². The van der Waals surface area contributed by atoms with E-state index in [2.05, 4.69) is 24.5 Å². The third-order valence-corrected chi connectivity index (χ3v) is 7.44. The molecule has 7 nitrogen and oxygen atoms in total. The molecule has 1 saturated carbocycles. The molecule has 0 heterocycles. The second-order valence-electron chi connectivity index (χ2n) is 10.1. The van der Waals surface area contributed by atoms with E-state index in [9.17, 15) is 19.5 Å². The largest absolute Gasteiger partial charge is 0.478 e. The first-order valence-corrected chi connectivity index (χ1v) is 12.7. The Morgan fingerprint density at radius 2 is 1.64 bits per heavy atom. The van der Waals surface area contributed by atoms with Crippen LogP contribution in [-0.2, 0) is 14.4 Å². The van der Waals surface area contributed by atoms with Crippen molar-refractivity contribution < 1.29 is 19.5 Å². The van der Waals surface area contributed by atoms with E-state index in [-0.39, 0.29) is 41.3 Å². The Hall–Kier alpha value is -1.89. The number of carboxylic acid groups (broad SMARTS) is 1. The van der Waals surface area contributed by atoms with Crippen LogP contribution in [0.1, 0.15) is 93.4 Å². The highest BCUT2D eigenvalue weighted by Gasteiger charge is 2.41. The first-order chi connectivity index (χ1) is 15.4. The molecule has 1 rings (SSSR count). The van der Waals surface area contributed by atoms with Gasteiger partial charge in [-0.2, -0.15) is 0 Å². The summed E-state index contributed by atoms with van der Waals surface area (Å²) >= 11 is 0. The van der Waals surface area contributed by atoms with Gasteiger partial charge in [-0.1, -0.05) is 53.5 Å². The number of carboxylic acids is 1. The van der Waals surface area contributed by atoms with E-state index in [1.807, 2.05) is 27.7 Å². The summed E-state index contributed by atoms with van der Waals surface area (Å²) in [6.07, 6.45) is 7.75. The SMILES string of the molecule is CCC(C)NC(CC)(CC)C(=O)N[C@H](C(=O)N(C)[C@H](C=C(C)C(=O)O)C(C)C)C1CCCC1. The summed E-state index contributed by atoms with van der Waals surface area (Å²) in [6, 6.07) is -0.788. The molecule has 1 unspecified atom stereocenters. The van der Waals surface area contributed by atoms with Gasteiger partial charge in [-0.15, -0.1) is 0 Å². The second-order valence-corrected chi connectivity index (χ2v) is 10.1. The highest BCUT2D eigenvalue weighted by atomic mass is 16.4. The van der Waals surface area contributed by atoms with Gasteiger partial charge in [0.2, 0.25) is 11.8 Å². The monoisotopic (exact) mass is 465 g/mol. The minimum atomic E-state index is -0.992. The second kappa shape index (κ2) is 13.1. The molecule has 3 atom stereocenters. The van der Waals surface area contributed by atoms with Crippen molar-refractivity contribution in [2.45, 2.75) is 117 Å². The molecule has 0 aromatic rings. The summed E-state index contributed by atoms with van der Waals surface area (Å²) in [5, 5.41) is 16.0. The number of hydrogen-bond acceptors (Lipinski definition) is 4. The topological polar surface area (TPSA) is 98.7 Å². The predicted octanol–water partition coefficient (Wildman–Crippen LogP) is 4.12. The smallest absolute Gasteiger partial charge is 0.331 e. The highest BCUT2D eigenvalue weighted by Crippen LogP contribution is 2.30. The van der Waals surface area contributed by atoms with Crippen LogP contribution in [0.4, 0.5) is 0 Å². The summed E-state index contributed by atoms with van der Waals surface area (Å²) in [6.45, 7) is 13.7. The fourth-order valence-electron chi connectivity index (χ4n) is 4.81. The van der Waals surface area contributed by atoms with Crippen LogP contribution in [0.3, 0.4) is 0 Å². The van der Waals surface area contributed by atoms with E-state index in [0.29, 0.717) is 12.8 Å². The molecule has 0 spiro atoms. The zero-order valence-corrected chi connectivity index (χ0v) is 22.0. The lowest BCUT2D eigenvalue weighted by molar-refractivity contribution is -0.140. The van der Waals surface area contributed by atoms with Crippen LogP contribution in [0.5, 0.6) is 0 Å². The Morgan fingerprint density at radius 3 is 2.06 bits per heavy atom. The van der Waals surface area contributed by atoms with Crippen molar-refractivity contribution in [1.82, 2.24) is 15.5 Å². The quantitative estimate of drug-likeness (QED) is 0.355. The molecule has 33 heavy (non-hydrogen) atoms. The minimum absolute atomic E-state index is 0.0330. The molecular formula is C26H47N3O4.